The van der Waals surface area contributed by atoms with Crippen molar-refractivity contribution in [2.45, 2.75) is 32.0 Å². The fraction of sp³-hybridized carbons (Fsp3) is 0.357. The van der Waals surface area contributed by atoms with Crippen LogP contribution in [0.2, 0.25) is 0 Å². The Morgan fingerprint density at radius 1 is 1.42 bits per heavy atom. The zero-order chi connectivity index (χ0) is 13.1. The molecule has 0 amide bonds. The Bertz CT molecular complexity index is 538. The lowest BCUT2D eigenvalue weighted by molar-refractivity contribution is 0.247. The van der Waals surface area contributed by atoms with E-state index in [0.29, 0.717) is 23.9 Å². The van der Waals surface area contributed by atoms with Crippen molar-refractivity contribution in [3.63, 3.8) is 0 Å². The van der Waals surface area contributed by atoms with Gasteiger partial charge in [0.15, 0.2) is 5.82 Å². The highest BCUT2D eigenvalue weighted by Gasteiger charge is 2.21. The van der Waals surface area contributed by atoms with Crippen LogP contribution in [0.15, 0.2) is 35.1 Å². The van der Waals surface area contributed by atoms with E-state index >= 15 is 0 Å². The topological polar surface area (TPSA) is 47.3 Å². The Morgan fingerprint density at radius 3 is 3.05 bits per heavy atom. The maximum atomic E-state index is 14.1. The summed E-state index contributed by atoms with van der Waals surface area (Å²) < 4.78 is 24.6. The molecule has 0 saturated heterocycles. The summed E-state index contributed by atoms with van der Waals surface area (Å²) in [6, 6.07) is 5.75. The van der Waals surface area contributed by atoms with E-state index in [1.165, 1.54) is 12.8 Å². The summed E-state index contributed by atoms with van der Waals surface area (Å²) in [6.45, 7) is 0.687. The van der Waals surface area contributed by atoms with Crippen molar-refractivity contribution < 1.29 is 13.5 Å². The van der Waals surface area contributed by atoms with Crippen molar-refractivity contribution in [1.82, 2.24) is 10.3 Å². The summed E-state index contributed by atoms with van der Waals surface area (Å²) in [5.74, 6) is 0.261. The highest BCUT2D eigenvalue weighted by molar-refractivity contribution is 5.23. The largest absolute Gasteiger partial charge is 0.467 e. The fourth-order valence-corrected chi connectivity index (χ4v) is 1.78. The summed E-state index contributed by atoms with van der Waals surface area (Å²) in [6.07, 6.45) is 5.46. The number of pyridine rings is 1. The van der Waals surface area contributed by atoms with E-state index in [0.717, 1.165) is 0 Å². The van der Waals surface area contributed by atoms with Gasteiger partial charge in [-0.15, -0.1) is 0 Å². The Kier molecular flexibility index (Phi) is 3.46. The summed E-state index contributed by atoms with van der Waals surface area (Å²) in [7, 11) is 0. The van der Waals surface area contributed by atoms with Gasteiger partial charge in [0.2, 0.25) is 0 Å². The first kappa shape index (κ1) is 12.2. The Labute approximate surface area is 110 Å². The monoisotopic (exact) mass is 262 g/mol. The van der Waals surface area contributed by atoms with Gasteiger partial charge in [-0.2, -0.15) is 0 Å². The van der Waals surface area contributed by atoms with Gasteiger partial charge in [0, 0.05) is 24.3 Å². The van der Waals surface area contributed by atoms with Crippen LogP contribution < -0.4 is 10.1 Å². The molecule has 5 heteroatoms. The number of hydrogen-bond acceptors (Lipinski definition) is 4. The first-order chi connectivity index (χ1) is 9.33. The third kappa shape index (κ3) is 3.12. The lowest BCUT2D eigenvalue weighted by Crippen LogP contribution is -2.16. The molecule has 0 aliphatic heterocycles. The molecule has 0 aromatic carbocycles. The standard InChI is InChI=1S/C14H15FN2O2/c15-13-10(8-17-11-3-4-11)5-6-16-14(13)19-9-12-2-1-7-18-12/h1-2,5-7,11,17H,3-4,8-9H2. The normalized spacial score (nSPS) is 14.6. The molecule has 1 aliphatic carbocycles. The van der Waals surface area contributed by atoms with Gasteiger partial charge in [-0.25, -0.2) is 9.37 Å². The van der Waals surface area contributed by atoms with E-state index < -0.39 is 5.82 Å². The van der Waals surface area contributed by atoms with Crippen molar-refractivity contribution in [2.24, 2.45) is 0 Å². The van der Waals surface area contributed by atoms with Gasteiger partial charge in [-0.05, 0) is 31.0 Å². The van der Waals surface area contributed by atoms with Crippen molar-refractivity contribution in [2.75, 3.05) is 0 Å². The van der Waals surface area contributed by atoms with Crippen LogP contribution in [0.5, 0.6) is 5.88 Å². The SMILES string of the molecule is Fc1c(CNC2CC2)ccnc1OCc1ccco1. The van der Waals surface area contributed by atoms with Crippen LogP contribution in [0.1, 0.15) is 24.2 Å². The number of rotatable bonds is 6. The lowest BCUT2D eigenvalue weighted by atomic mass is 10.2. The molecular weight excluding hydrogens is 247 g/mol. The van der Waals surface area contributed by atoms with E-state index in [4.69, 9.17) is 9.15 Å². The van der Waals surface area contributed by atoms with Gasteiger partial charge in [-0.3, -0.25) is 0 Å². The molecule has 0 atom stereocenters. The second-order valence-corrected chi connectivity index (χ2v) is 4.61. The third-order valence-electron chi connectivity index (χ3n) is 3.03. The van der Waals surface area contributed by atoms with Gasteiger partial charge >= 0.3 is 0 Å². The Balaban J connectivity index is 1.64. The molecule has 1 saturated carbocycles. The maximum Gasteiger partial charge on any atom is 0.251 e. The van der Waals surface area contributed by atoms with E-state index in [2.05, 4.69) is 10.3 Å². The Hall–Kier alpha value is -1.88. The highest BCUT2D eigenvalue weighted by Crippen LogP contribution is 2.22. The van der Waals surface area contributed by atoms with Crippen LogP contribution in [0, 0.1) is 5.82 Å². The average molecular weight is 262 g/mol. The second-order valence-electron chi connectivity index (χ2n) is 4.61. The van der Waals surface area contributed by atoms with Gasteiger partial charge in [0.25, 0.3) is 5.88 Å². The van der Waals surface area contributed by atoms with E-state index in [9.17, 15) is 4.39 Å². The smallest absolute Gasteiger partial charge is 0.251 e. The molecular formula is C14H15FN2O2. The molecule has 0 unspecified atom stereocenters. The molecule has 100 valence electrons. The fourth-order valence-electron chi connectivity index (χ4n) is 1.78. The third-order valence-corrected chi connectivity index (χ3v) is 3.03. The minimum Gasteiger partial charge on any atom is -0.467 e. The summed E-state index contributed by atoms with van der Waals surface area (Å²) in [5.41, 5.74) is 0.580. The zero-order valence-electron chi connectivity index (χ0n) is 10.4. The lowest BCUT2D eigenvalue weighted by Gasteiger charge is -2.08. The van der Waals surface area contributed by atoms with Crippen LogP contribution in [0.3, 0.4) is 0 Å². The first-order valence-electron chi connectivity index (χ1n) is 6.35. The van der Waals surface area contributed by atoms with Gasteiger partial charge in [0.05, 0.1) is 6.26 Å². The van der Waals surface area contributed by atoms with Gasteiger partial charge in [0.1, 0.15) is 12.4 Å². The van der Waals surface area contributed by atoms with Crippen LogP contribution >= 0.6 is 0 Å². The molecule has 0 spiro atoms. The maximum absolute atomic E-state index is 14.1. The van der Waals surface area contributed by atoms with Crippen LogP contribution in [-0.2, 0) is 13.2 Å². The number of hydrogen-bond donors (Lipinski definition) is 1. The van der Waals surface area contributed by atoms with Gasteiger partial charge < -0.3 is 14.5 Å². The number of furan rings is 1. The number of nitrogens with one attached hydrogen (secondary N) is 1. The molecule has 0 radical (unpaired) electrons. The van der Waals surface area contributed by atoms with Crippen LogP contribution in [-0.4, -0.2) is 11.0 Å². The van der Waals surface area contributed by atoms with Gasteiger partial charge in [-0.1, -0.05) is 0 Å². The molecule has 1 fully saturated rings. The Morgan fingerprint density at radius 2 is 2.32 bits per heavy atom. The average Bonchev–Trinajstić information content (AvgIpc) is 3.10. The van der Waals surface area contributed by atoms with Crippen molar-refractivity contribution in [3.05, 3.63) is 47.8 Å². The summed E-state index contributed by atoms with van der Waals surface area (Å²) in [5, 5.41) is 3.27. The number of aromatic nitrogens is 1. The summed E-state index contributed by atoms with van der Waals surface area (Å²) >= 11 is 0. The molecule has 1 aliphatic rings. The molecule has 19 heavy (non-hydrogen) atoms. The number of halogens is 1. The molecule has 3 rings (SSSR count). The quantitative estimate of drug-likeness (QED) is 0.869. The van der Waals surface area contributed by atoms with Crippen LogP contribution in [0.4, 0.5) is 4.39 Å². The second kappa shape index (κ2) is 5.40. The van der Waals surface area contributed by atoms with Crippen molar-refractivity contribution in [3.8, 4) is 5.88 Å². The predicted molar refractivity (Wildman–Crippen MR) is 67.1 cm³/mol. The predicted octanol–water partition coefficient (Wildman–Crippen LogP) is 2.64. The summed E-state index contributed by atoms with van der Waals surface area (Å²) in [4.78, 5) is 3.91. The van der Waals surface area contributed by atoms with E-state index in [1.807, 2.05) is 0 Å². The van der Waals surface area contributed by atoms with E-state index in [-0.39, 0.29) is 12.5 Å². The highest BCUT2D eigenvalue weighted by atomic mass is 19.1. The molecule has 2 heterocycles. The number of ether oxygens (including phenoxy) is 1. The molecule has 4 nitrogen and oxygen atoms in total. The van der Waals surface area contributed by atoms with E-state index in [1.54, 1.807) is 30.7 Å². The van der Waals surface area contributed by atoms with Crippen molar-refractivity contribution in [1.29, 1.82) is 0 Å². The minimum absolute atomic E-state index is 0.0199. The molecule has 1 N–H and O–H groups in total. The minimum atomic E-state index is -0.401. The van der Waals surface area contributed by atoms with Crippen LogP contribution in [0.25, 0.3) is 0 Å². The van der Waals surface area contributed by atoms with Crippen molar-refractivity contribution >= 4 is 0 Å². The molecule has 2 aromatic heterocycles. The first-order valence-corrected chi connectivity index (χ1v) is 6.35. The molecule has 0 bridgehead atoms. The zero-order valence-corrected chi connectivity index (χ0v) is 10.4. The number of nitrogens with zero attached hydrogens (tertiary/aromatic N) is 1. The molecule has 2 aromatic rings.